The summed E-state index contributed by atoms with van der Waals surface area (Å²) in [7, 11) is 0. The van der Waals surface area contributed by atoms with Crippen LogP contribution in [0.3, 0.4) is 0 Å². The molecule has 0 aliphatic carbocycles. The van der Waals surface area contributed by atoms with E-state index in [-0.39, 0.29) is 11.9 Å². The van der Waals surface area contributed by atoms with Gasteiger partial charge in [-0.25, -0.2) is 0 Å². The molecule has 4 nitrogen and oxygen atoms in total. The average molecular weight is 261 g/mol. The van der Waals surface area contributed by atoms with Crippen molar-refractivity contribution in [3.05, 3.63) is 34.9 Å². The van der Waals surface area contributed by atoms with Crippen molar-refractivity contribution in [1.29, 1.82) is 0 Å². The Morgan fingerprint density at radius 2 is 2.16 bits per heavy atom. The minimum atomic E-state index is -0.636. The minimum absolute atomic E-state index is 0.180. The molecule has 0 bridgehead atoms. The van der Waals surface area contributed by atoms with Crippen LogP contribution in [0.25, 0.3) is 0 Å². The highest BCUT2D eigenvalue weighted by Crippen LogP contribution is 2.27. The van der Waals surface area contributed by atoms with Crippen LogP contribution in [0.4, 0.5) is 0 Å². The number of benzene rings is 1. The molecule has 0 spiro atoms. The van der Waals surface area contributed by atoms with Crippen LogP contribution in [0.1, 0.15) is 54.4 Å². The number of ether oxygens (including phenoxy) is 1. The van der Waals surface area contributed by atoms with Crippen molar-refractivity contribution in [3.8, 4) is 0 Å². The molecule has 1 amide bonds. The van der Waals surface area contributed by atoms with E-state index in [1.165, 1.54) is 0 Å². The lowest BCUT2D eigenvalue weighted by Gasteiger charge is -2.13. The van der Waals surface area contributed by atoms with Gasteiger partial charge >= 0.3 is 5.97 Å². The number of nitrogens with one attached hydrogen (secondary N) is 1. The van der Waals surface area contributed by atoms with Gasteiger partial charge in [0.05, 0.1) is 0 Å². The zero-order valence-electron chi connectivity index (χ0n) is 11.5. The number of hydrogen-bond donors (Lipinski definition) is 1. The molecule has 0 aromatic heterocycles. The van der Waals surface area contributed by atoms with Crippen LogP contribution < -0.4 is 5.32 Å². The second-order valence-corrected chi connectivity index (χ2v) is 5.37. The molecule has 19 heavy (non-hydrogen) atoms. The van der Waals surface area contributed by atoms with Crippen LogP contribution in [-0.2, 0) is 9.53 Å². The molecule has 1 heterocycles. The molecule has 1 aliphatic rings. The van der Waals surface area contributed by atoms with Gasteiger partial charge < -0.3 is 10.1 Å². The van der Waals surface area contributed by atoms with Crippen molar-refractivity contribution in [2.45, 2.75) is 39.8 Å². The highest BCUT2D eigenvalue weighted by atomic mass is 16.6. The van der Waals surface area contributed by atoms with E-state index in [2.05, 4.69) is 19.2 Å². The van der Waals surface area contributed by atoms with Crippen molar-refractivity contribution in [2.75, 3.05) is 0 Å². The van der Waals surface area contributed by atoms with E-state index in [0.717, 1.165) is 17.5 Å². The largest absolute Gasteiger partial charge is 0.437 e. The van der Waals surface area contributed by atoms with E-state index < -0.39 is 6.23 Å². The topological polar surface area (TPSA) is 55.4 Å². The lowest BCUT2D eigenvalue weighted by Crippen LogP contribution is -2.23. The van der Waals surface area contributed by atoms with Crippen molar-refractivity contribution in [2.24, 2.45) is 5.92 Å². The van der Waals surface area contributed by atoms with Crippen LogP contribution in [0, 0.1) is 12.8 Å². The molecule has 1 unspecified atom stereocenters. The van der Waals surface area contributed by atoms with E-state index in [0.29, 0.717) is 17.9 Å². The number of rotatable bonds is 4. The molecule has 4 heteroatoms. The molecule has 2 rings (SSSR count). The minimum Gasteiger partial charge on any atom is -0.437 e. The summed E-state index contributed by atoms with van der Waals surface area (Å²) in [6, 6.07) is 5.56. The SMILES string of the molecule is Cc1ccc2c(c1)C(=O)NC2OC(=O)CCC(C)C. The van der Waals surface area contributed by atoms with Gasteiger partial charge in [0.25, 0.3) is 5.91 Å². The first-order chi connectivity index (χ1) is 8.97. The second-order valence-electron chi connectivity index (χ2n) is 5.37. The fourth-order valence-corrected chi connectivity index (χ4v) is 2.06. The monoisotopic (exact) mass is 261 g/mol. The molecule has 1 aliphatic heterocycles. The first-order valence-corrected chi connectivity index (χ1v) is 6.58. The summed E-state index contributed by atoms with van der Waals surface area (Å²) >= 11 is 0. The second kappa shape index (κ2) is 5.43. The van der Waals surface area contributed by atoms with E-state index in [1.807, 2.05) is 25.1 Å². The molecule has 0 fully saturated rings. The summed E-state index contributed by atoms with van der Waals surface area (Å²) in [6.45, 7) is 6.04. The Bertz CT molecular complexity index is 508. The van der Waals surface area contributed by atoms with Crippen LogP contribution in [-0.4, -0.2) is 11.9 Å². The Morgan fingerprint density at radius 3 is 2.84 bits per heavy atom. The van der Waals surface area contributed by atoms with Crippen LogP contribution in [0.2, 0.25) is 0 Å². The molecule has 0 radical (unpaired) electrons. The molecule has 1 aromatic carbocycles. The van der Waals surface area contributed by atoms with E-state index in [1.54, 1.807) is 0 Å². The first kappa shape index (κ1) is 13.6. The smallest absolute Gasteiger partial charge is 0.307 e. The Hall–Kier alpha value is -1.84. The molecule has 0 saturated carbocycles. The highest BCUT2D eigenvalue weighted by molar-refractivity contribution is 5.99. The maximum atomic E-state index is 11.8. The standard InChI is InChI=1S/C15H19NO3/c1-9(2)4-7-13(17)19-15-11-6-5-10(3)8-12(11)14(18)16-15/h5-6,8-9,15H,4,7H2,1-3H3,(H,16,18). The lowest BCUT2D eigenvalue weighted by atomic mass is 10.1. The van der Waals surface area contributed by atoms with Crippen molar-refractivity contribution in [1.82, 2.24) is 5.32 Å². The molecule has 1 N–H and O–H groups in total. The number of carbonyl (C=O) groups is 2. The maximum Gasteiger partial charge on any atom is 0.307 e. The normalized spacial score (nSPS) is 17.3. The summed E-state index contributed by atoms with van der Waals surface area (Å²) < 4.78 is 5.33. The van der Waals surface area contributed by atoms with E-state index in [9.17, 15) is 9.59 Å². The molecule has 1 atom stereocenters. The molecular formula is C15H19NO3. The third kappa shape index (κ3) is 3.13. The Labute approximate surface area is 113 Å². The molecule has 0 saturated heterocycles. The van der Waals surface area contributed by atoms with Crippen LogP contribution in [0.5, 0.6) is 0 Å². The van der Waals surface area contributed by atoms with Gasteiger partial charge in [-0.1, -0.05) is 31.5 Å². The summed E-state index contributed by atoms with van der Waals surface area (Å²) in [5, 5.41) is 2.68. The number of fused-ring (bicyclic) bond motifs is 1. The maximum absolute atomic E-state index is 11.8. The fourth-order valence-electron chi connectivity index (χ4n) is 2.06. The lowest BCUT2D eigenvalue weighted by molar-refractivity contribution is -0.150. The number of aryl methyl sites for hydroxylation is 1. The van der Waals surface area contributed by atoms with Gasteiger partial charge in [-0.3, -0.25) is 9.59 Å². The van der Waals surface area contributed by atoms with E-state index >= 15 is 0 Å². The van der Waals surface area contributed by atoms with Gasteiger partial charge in [-0.15, -0.1) is 0 Å². The average Bonchev–Trinajstić information content (AvgIpc) is 2.63. The third-order valence-corrected chi connectivity index (χ3v) is 3.17. The summed E-state index contributed by atoms with van der Waals surface area (Å²) in [6.07, 6.45) is 0.536. The molecule has 102 valence electrons. The van der Waals surface area contributed by atoms with Gasteiger partial charge in [0.1, 0.15) is 0 Å². The Balaban J connectivity index is 2.05. The summed E-state index contributed by atoms with van der Waals surface area (Å²) in [4.78, 5) is 23.5. The molecular weight excluding hydrogens is 242 g/mol. The van der Waals surface area contributed by atoms with Crippen LogP contribution in [0.15, 0.2) is 18.2 Å². The number of esters is 1. The highest BCUT2D eigenvalue weighted by Gasteiger charge is 2.31. The van der Waals surface area contributed by atoms with Gasteiger partial charge in [0, 0.05) is 17.5 Å². The van der Waals surface area contributed by atoms with Crippen molar-refractivity contribution in [3.63, 3.8) is 0 Å². The summed E-state index contributed by atoms with van der Waals surface area (Å²) in [5.74, 6) is 0.00781. The number of amides is 1. The third-order valence-electron chi connectivity index (χ3n) is 3.17. The predicted octanol–water partition coefficient (Wildman–Crippen LogP) is 2.72. The van der Waals surface area contributed by atoms with E-state index in [4.69, 9.17) is 4.74 Å². The zero-order chi connectivity index (χ0) is 14.0. The van der Waals surface area contributed by atoms with Gasteiger partial charge in [-0.05, 0) is 25.3 Å². The van der Waals surface area contributed by atoms with Gasteiger partial charge in [-0.2, -0.15) is 0 Å². The quantitative estimate of drug-likeness (QED) is 0.848. The number of hydrogen-bond acceptors (Lipinski definition) is 3. The zero-order valence-corrected chi connectivity index (χ0v) is 11.5. The van der Waals surface area contributed by atoms with Crippen molar-refractivity contribution < 1.29 is 14.3 Å². The number of carbonyl (C=O) groups excluding carboxylic acids is 2. The molecule has 1 aromatic rings. The van der Waals surface area contributed by atoms with Crippen molar-refractivity contribution >= 4 is 11.9 Å². The fraction of sp³-hybridized carbons (Fsp3) is 0.467. The first-order valence-electron chi connectivity index (χ1n) is 6.58. The predicted molar refractivity (Wildman–Crippen MR) is 71.6 cm³/mol. The Kier molecular flexibility index (Phi) is 3.88. The van der Waals surface area contributed by atoms with Gasteiger partial charge in [0.15, 0.2) is 0 Å². The Morgan fingerprint density at radius 1 is 1.42 bits per heavy atom. The van der Waals surface area contributed by atoms with Gasteiger partial charge in [0.2, 0.25) is 6.23 Å². The van der Waals surface area contributed by atoms with Crippen LogP contribution >= 0.6 is 0 Å². The summed E-state index contributed by atoms with van der Waals surface area (Å²) in [5.41, 5.74) is 2.36.